The van der Waals surface area contributed by atoms with Crippen molar-refractivity contribution in [2.45, 2.75) is 32.5 Å². The molecule has 0 aliphatic carbocycles. The van der Waals surface area contributed by atoms with E-state index >= 15 is 0 Å². The summed E-state index contributed by atoms with van der Waals surface area (Å²) in [7, 11) is 0. The zero-order valence-corrected chi connectivity index (χ0v) is 14.2. The lowest BCUT2D eigenvalue weighted by atomic mass is 10.00. The first-order valence-corrected chi connectivity index (χ1v) is 7.85. The van der Waals surface area contributed by atoms with Gasteiger partial charge in [0.15, 0.2) is 0 Å². The molecule has 0 aliphatic heterocycles. The number of amides is 1. The summed E-state index contributed by atoms with van der Waals surface area (Å²) in [6, 6.07) is 8.28. The van der Waals surface area contributed by atoms with Gasteiger partial charge in [0, 0.05) is 6.42 Å². The van der Waals surface area contributed by atoms with Crippen LogP contribution in [0.2, 0.25) is 0 Å². The van der Waals surface area contributed by atoms with E-state index in [4.69, 9.17) is 0 Å². The Labute approximate surface area is 148 Å². The number of carbonyl (C=O) groups excluding carboxylic acids is 1. The van der Waals surface area contributed by atoms with Crippen molar-refractivity contribution in [2.24, 2.45) is 0 Å². The monoisotopic (exact) mass is 365 g/mol. The molecule has 0 radical (unpaired) electrons. The summed E-state index contributed by atoms with van der Waals surface area (Å²) >= 11 is 0. The fourth-order valence-corrected chi connectivity index (χ4v) is 2.53. The highest BCUT2D eigenvalue weighted by molar-refractivity contribution is 5.98. The van der Waals surface area contributed by atoms with Gasteiger partial charge in [-0.1, -0.05) is 30.3 Å². The fourth-order valence-electron chi connectivity index (χ4n) is 2.53. The number of carboxylic acid groups (broad SMARTS) is 1. The predicted octanol–water partition coefficient (Wildman–Crippen LogP) is 3.75. The number of hydrogen-bond donors (Lipinski definition) is 2. The molecule has 0 saturated heterocycles. The van der Waals surface area contributed by atoms with Crippen molar-refractivity contribution in [2.75, 3.05) is 0 Å². The molecule has 2 rings (SSSR count). The number of halogens is 3. The summed E-state index contributed by atoms with van der Waals surface area (Å²) in [5, 5.41) is 11.5. The quantitative estimate of drug-likeness (QED) is 0.848. The molecule has 0 fully saturated rings. The van der Waals surface area contributed by atoms with Crippen molar-refractivity contribution in [3.63, 3.8) is 0 Å². The SMILES string of the molecule is Cc1ccc(C[C@H](NC(=O)c2ccccc2C(F)(F)F)C(=O)O)cc1C. The van der Waals surface area contributed by atoms with Crippen LogP contribution in [0.3, 0.4) is 0 Å². The Morgan fingerprint density at radius 2 is 1.73 bits per heavy atom. The minimum absolute atomic E-state index is 0.0314. The molecule has 4 nitrogen and oxygen atoms in total. The van der Waals surface area contributed by atoms with Crippen LogP contribution in [0.25, 0.3) is 0 Å². The lowest BCUT2D eigenvalue weighted by Gasteiger charge is -2.17. The van der Waals surface area contributed by atoms with Crippen LogP contribution >= 0.6 is 0 Å². The summed E-state index contributed by atoms with van der Waals surface area (Å²) in [5.74, 6) is -2.39. The second kappa shape index (κ2) is 7.59. The van der Waals surface area contributed by atoms with Gasteiger partial charge in [-0.25, -0.2) is 4.79 Å². The zero-order valence-electron chi connectivity index (χ0n) is 14.2. The third-order valence-corrected chi connectivity index (χ3v) is 4.09. The predicted molar refractivity (Wildman–Crippen MR) is 90.0 cm³/mol. The van der Waals surface area contributed by atoms with Gasteiger partial charge in [0.25, 0.3) is 5.91 Å². The van der Waals surface area contributed by atoms with Crippen LogP contribution in [0.1, 0.15) is 32.6 Å². The molecule has 0 spiro atoms. The number of rotatable bonds is 5. The summed E-state index contributed by atoms with van der Waals surface area (Å²) in [6.45, 7) is 3.77. The van der Waals surface area contributed by atoms with Crippen molar-refractivity contribution in [3.05, 3.63) is 70.3 Å². The van der Waals surface area contributed by atoms with Crippen LogP contribution in [0.15, 0.2) is 42.5 Å². The van der Waals surface area contributed by atoms with Crippen LogP contribution in [0.4, 0.5) is 13.2 Å². The molecule has 0 saturated carbocycles. The Hall–Kier alpha value is -2.83. The van der Waals surface area contributed by atoms with E-state index in [0.29, 0.717) is 5.56 Å². The molecule has 0 unspecified atom stereocenters. The molecule has 0 bridgehead atoms. The van der Waals surface area contributed by atoms with Crippen LogP contribution in [-0.4, -0.2) is 23.0 Å². The average Bonchev–Trinajstić information content (AvgIpc) is 2.56. The molecule has 1 atom stereocenters. The number of carboxylic acids is 1. The number of alkyl halides is 3. The van der Waals surface area contributed by atoms with Gasteiger partial charge in [-0.3, -0.25) is 4.79 Å². The molecule has 0 aliphatic rings. The third-order valence-electron chi connectivity index (χ3n) is 4.09. The van der Waals surface area contributed by atoms with E-state index in [9.17, 15) is 27.9 Å². The van der Waals surface area contributed by atoms with E-state index in [2.05, 4.69) is 5.32 Å². The molecule has 0 aromatic heterocycles. The second-order valence-corrected chi connectivity index (χ2v) is 6.03. The standard InChI is InChI=1S/C19H18F3NO3/c1-11-7-8-13(9-12(11)2)10-16(18(25)26)23-17(24)14-5-3-4-6-15(14)19(20,21)22/h3-9,16H,10H2,1-2H3,(H,23,24)(H,25,26)/t16-/m0/s1. The molecule has 2 N–H and O–H groups in total. The topological polar surface area (TPSA) is 66.4 Å². The lowest BCUT2D eigenvalue weighted by Crippen LogP contribution is -2.42. The number of hydrogen-bond acceptors (Lipinski definition) is 2. The molecule has 138 valence electrons. The maximum Gasteiger partial charge on any atom is 0.417 e. The number of carbonyl (C=O) groups is 2. The molecular weight excluding hydrogens is 347 g/mol. The van der Waals surface area contributed by atoms with Crippen molar-refractivity contribution < 1.29 is 27.9 Å². The van der Waals surface area contributed by atoms with Crippen LogP contribution in [0.5, 0.6) is 0 Å². The van der Waals surface area contributed by atoms with Crippen molar-refractivity contribution >= 4 is 11.9 Å². The largest absolute Gasteiger partial charge is 0.480 e. The molecule has 0 heterocycles. The Bertz CT molecular complexity index is 831. The first-order chi connectivity index (χ1) is 12.1. The molecule has 1 amide bonds. The molecule has 26 heavy (non-hydrogen) atoms. The Morgan fingerprint density at radius 3 is 2.31 bits per heavy atom. The van der Waals surface area contributed by atoms with Crippen molar-refractivity contribution in [1.29, 1.82) is 0 Å². The van der Waals surface area contributed by atoms with Gasteiger partial charge in [-0.2, -0.15) is 13.2 Å². The minimum Gasteiger partial charge on any atom is -0.480 e. The van der Waals surface area contributed by atoms with Crippen LogP contribution in [-0.2, 0) is 17.4 Å². The normalized spacial score (nSPS) is 12.5. The molecule has 2 aromatic carbocycles. The first-order valence-electron chi connectivity index (χ1n) is 7.85. The van der Waals surface area contributed by atoms with Gasteiger partial charge in [0.2, 0.25) is 0 Å². The van der Waals surface area contributed by atoms with Crippen molar-refractivity contribution in [3.8, 4) is 0 Å². The number of benzene rings is 2. The maximum absolute atomic E-state index is 13.0. The van der Waals surface area contributed by atoms with E-state index in [1.54, 1.807) is 12.1 Å². The van der Waals surface area contributed by atoms with Gasteiger partial charge < -0.3 is 10.4 Å². The van der Waals surface area contributed by atoms with E-state index in [1.165, 1.54) is 12.1 Å². The molecular formula is C19H18F3NO3. The highest BCUT2D eigenvalue weighted by Gasteiger charge is 2.35. The molecule has 2 aromatic rings. The Balaban J connectivity index is 2.24. The Morgan fingerprint density at radius 1 is 1.08 bits per heavy atom. The summed E-state index contributed by atoms with van der Waals surface area (Å²) in [4.78, 5) is 23.7. The second-order valence-electron chi connectivity index (χ2n) is 6.03. The molecule has 7 heteroatoms. The zero-order chi connectivity index (χ0) is 19.5. The van der Waals surface area contributed by atoms with Crippen LogP contribution in [0, 0.1) is 13.8 Å². The first kappa shape index (κ1) is 19.5. The summed E-state index contributed by atoms with van der Waals surface area (Å²) in [5.41, 5.74) is 0.952. The highest BCUT2D eigenvalue weighted by atomic mass is 19.4. The van der Waals surface area contributed by atoms with Crippen molar-refractivity contribution in [1.82, 2.24) is 5.32 Å². The smallest absolute Gasteiger partial charge is 0.417 e. The minimum atomic E-state index is -4.71. The fraction of sp³-hybridized carbons (Fsp3) is 0.263. The number of aliphatic carboxylic acids is 1. The van der Waals surface area contributed by atoms with Gasteiger partial charge >= 0.3 is 12.1 Å². The van der Waals surface area contributed by atoms with Gasteiger partial charge in [-0.15, -0.1) is 0 Å². The van der Waals surface area contributed by atoms with E-state index in [-0.39, 0.29) is 6.42 Å². The summed E-state index contributed by atoms with van der Waals surface area (Å²) < 4.78 is 39.1. The maximum atomic E-state index is 13.0. The lowest BCUT2D eigenvalue weighted by molar-refractivity contribution is -0.139. The van der Waals surface area contributed by atoms with E-state index in [0.717, 1.165) is 23.3 Å². The van der Waals surface area contributed by atoms with Gasteiger partial charge in [0.05, 0.1) is 11.1 Å². The van der Waals surface area contributed by atoms with E-state index < -0.39 is 35.2 Å². The third kappa shape index (κ3) is 4.62. The number of aryl methyl sites for hydroxylation is 2. The highest BCUT2D eigenvalue weighted by Crippen LogP contribution is 2.31. The number of nitrogens with one attached hydrogen (secondary N) is 1. The average molecular weight is 365 g/mol. The van der Waals surface area contributed by atoms with Gasteiger partial charge in [0.1, 0.15) is 6.04 Å². The van der Waals surface area contributed by atoms with Gasteiger partial charge in [-0.05, 0) is 42.7 Å². The van der Waals surface area contributed by atoms with E-state index in [1.807, 2.05) is 19.9 Å². The van der Waals surface area contributed by atoms with Crippen LogP contribution < -0.4 is 5.32 Å². The summed E-state index contributed by atoms with van der Waals surface area (Å²) in [6.07, 6.45) is -4.74. The Kier molecular flexibility index (Phi) is 5.69.